The first-order valence-electron chi connectivity index (χ1n) is 6.35. The largest absolute Gasteiger partial charge is 0.351 e. The second-order valence-corrected chi connectivity index (χ2v) is 5.19. The third-order valence-corrected chi connectivity index (χ3v) is 3.44. The molecule has 1 rings (SSSR count). The number of carbonyl (C=O) groups is 1. The molecule has 0 unspecified atom stereocenters. The molecule has 0 heterocycles. The van der Waals surface area contributed by atoms with Gasteiger partial charge in [-0.15, -0.1) is 0 Å². The Morgan fingerprint density at radius 3 is 2.06 bits per heavy atom. The van der Waals surface area contributed by atoms with E-state index in [1.807, 2.05) is 27.9 Å². The predicted octanol–water partition coefficient (Wildman–Crippen LogP) is 2.21. The maximum absolute atomic E-state index is 12.2. The van der Waals surface area contributed by atoms with E-state index < -0.39 is 0 Å². The fourth-order valence-corrected chi connectivity index (χ4v) is 2.04. The second-order valence-electron chi connectivity index (χ2n) is 5.19. The summed E-state index contributed by atoms with van der Waals surface area (Å²) in [6.07, 6.45) is 0. The Hall–Kier alpha value is -1.35. The van der Waals surface area contributed by atoms with Crippen LogP contribution < -0.4 is 5.32 Å². The van der Waals surface area contributed by atoms with Crippen LogP contribution in [0.3, 0.4) is 0 Å². The van der Waals surface area contributed by atoms with Gasteiger partial charge < -0.3 is 10.2 Å². The molecule has 0 aliphatic heterocycles. The van der Waals surface area contributed by atoms with Gasteiger partial charge in [-0.05, 0) is 64.0 Å². The molecule has 0 aliphatic carbocycles. The number of likely N-dealkylation sites (N-methyl/N-ethyl adjacent to an activating group) is 1. The Balaban J connectivity index is 2.92. The summed E-state index contributed by atoms with van der Waals surface area (Å²) in [4.78, 5) is 14.3. The third-order valence-electron chi connectivity index (χ3n) is 3.44. The summed E-state index contributed by atoms with van der Waals surface area (Å²) < 4.78 is 0. The van der Waals surface area contributed by atoms with Crippen molar-refractivity contribution in [2.75, 3.05) is 27.2 Å². The summed E-state index contributed by atoms with van der Waals surface area (Å²) in [6.45, 7) is 9.67. The summed E-state index contributed by atoms with van der Waals surface area (Å²) >= 11 is 0. The average molecular weight is 248 g/mol. The molecule has 0 atom stereocenters. The predicted molar refractivity (Wildman–Crippen MR) is 76.3 cm³/mol. The van der Waals surface area contributed by atoms with Crippen LogP contribution in [0, 0.1) is 27.7 Å². The van der Waals surface area contributed by atoms with E-state index in [2.05, 4.69) is 30.1 Å². The summed E-state index contributed by atoms with van der Waals surface area (Å²) in [7, 11) is 4.00. The second kappa shape index (κ2) is 6.01. The molecule has 0 fully saturated rings. The lowest BCUT2D eigenvalue weighted by molar-refractivity contribution is 0.0949. The van der Waals surface area contributed by atoms with Gasteiger partial charge in [-0.1, -0.05) is 6.07 Å². The number of rotatable bonds is 4. The summed E-state index contributed by atoms with van der Waals surface area (Å²) in [5.41, 5.74) is 5.36. The van der Waals surface area contributed by atoms with Crippen LogP contribution >= 0.6 is 0 Å². The van der Waals surface area contributed by atoms with Gasteiger partial charge in [0.2, 0.25) is 0 Å². The van der Waals surface area contributed by atoms with Gasteiger partial charge in [-0.3, -0.25) is 4.79 Å². The van der Waals surface area contributed by atoms with Crippen molar-refractivity contribution in [3.63, 3.8) is 0 Å². The zero-order valence-corrected chi connectivity index (χ0v) is 12.3. The SMILES string of the molecule is Cc1cc(C)c(C)c(C(=O)NCCN(C)C)c1C. The zero-order chi connectivity index (χ0) is 13.9. The molecule has 1 aromatic carbocycles. The molecule has 3 nitrogen and oxygen atoms in total. The number of nitrogens with one attached hydrogen (secondary N) is 1. The van der Waals surface area contributed by atoms with Gasteiger partial charge in [0.05, 0.1) is 0 Å². The van der Waals surface area contributed by atoms with Crippen LogP contribution in [0.2, 0.25) is 0 Å². The topological polar surface area (TPSA) is 32.3 Å². The molecule has 0 radical (unpaired) electrons. The van der Waals surface area contributed by atoms with E-state index in [9.17, 15) is 4.79 Å². The van der Waals surface area contributed by atoms with Crippen molar-refractivity contribution in [3.8, 4) is 0 Å². The van der Waals surface area contributed by atoms with Crippen LogP contribution in [0.4, 0.5) is 0 Å². The monoisotopic (exact) mass is 248 g/mol. The van der Waals surface area contributed by atoms with Gasteiger partial charge in [-0.25, -0.2) is 0 Å². The minimum absolute atomic E-state index is 0.0404. The van der Waals surface area contributed by atoms with E-state index in [1.165, 1.54) is 11.1 Å². The number of nitrogens with zero attached hydrogens (tertiary/aromatic N) is 1. The lowest BCUT2D eigenvalue weighted by Crippen LogP contribution is -2.32. The fourth-order valence-electron chi connectivity index (χ4n) is 2.04. The Morgan fingerprint density at radius 2 is 1.61 bits per heavy atom. The molecule has 0 saturated heterocycles. The van der Waals surface area contributed by atoms with Gasteiger partial charge in [0.1, 0.15) is 0 Å². The van der Waals surface area contributed by atoms with Gasteiger partial charge in [-0.2, -0.15) is 0 Å². The normalized spacial score (nSPS) is 10.8. The van der Waals surface area contributed by atoms with E-state index in [4.69, 9.17) is 0 Å². The van der Waals surface area contributed by atoms with Crippen LogP contribution in [0.15, 0.2) is 6.07 Å². The van der Waals surface area contributed by atoms with Crippen LogP contribution in [0.1, 0.15) is 32.6 Å². The fraction of sp³-hybridized carbons (Fsp3) is 0.533. The smallest absolute Gasteiger partial charge is 0.251 e. The van der Waals surface area contributed by atoms with Crippen molar-refractivity contribution in [2.24, 2.45) is 0 Å². The number of benzene rings is 1. The quantitative estimate of drug-likeness (QED) is 0.886. The van der Waals surface area contributed by atoms with Crippen LogP contribution in [-0.4, -0.2) is 38.0 Å². The lowest BCUT2D eigenvalue weighted by atomic mass is 9.94. The Kier molecular flexibility index (Phi) is 4.91. The number of amides is 1. The summed E-state index contributed by atoms with van der Waals surface area (Å²) in [5, 5.41) is 2.99. The molecule has 0 aromatic heterocycles. The Bertz CT molecular complexity index is 424. The van der Waals surface area contributed by atoms with Crippen molar-refractivity contribution in [2.45, 2.75) is 27.7 Å². The van der Waals surface area contributed by atoms with Crippen LogP contribution in [0.25, 0.3) is 0 Å². The highest BCUT2D eigenvalue weighted by molar-refractivity contribution is 5.97. The maximum atomic E-state index is 12.2. The molecule has 0 spiro atoms. The van der Waals surface area contributed by atoms with Gasteiger partial charge >= 0.3 is 0 Å². The van der Waals surface area contributed by atoms with E-state index in [1.54, 1.807) is 0 Å². The summed E-state index contributed by atoms with van der Waals surface area (Å²) in [6, 6.07) is 2.14. The molecule has 1 amide bonds. The minimum Gasteiger partial charge on any atom is -0.351 e. The van der Waals surface area contributed by atoms with Gasteiger partial charge in [0.25, 0.3) is 5.91 Å². The first-order chi connectivity index (χ1) is 8.34. The lowest BCUT2D eigenvalue weighted by Gasteiger charge is -2.16. The zero-order valence-electron chi connectivity index (χ0n) is 12.3. The van der Waals surface area contributed by atoms with Crippen LogP contribution in [0.5, 0.6) is 0 Å². The molecule has 1 N–H and O–H groups in total. The number of hydrogen-bond acceptors (Lipinski definition) is 2. The van der Waals surface area contributed by atoms with Gasteiger partial charge in [0.15, 0.2) is 0 Å². The van der Waals surface area contributed by atoms with Crippen molar-refractivity contribution in [1.82, 2.24) is 10.2 Å². The van der Waals surface area contributed by atoms with Crippen molar-refractivity contribution >= 4 is 5.91 Å². The van der Waals surface area contributed by atoms with E-state index >= 15 is 0 Å². The van der Waals surface area contributed by atoms with E-state index in [0.717, 1.165) is 23.2 Å². The summed E-state index contributed by atoms with van der Waals surface area (Å²) in [5.74, 6) is 0.0404. The first-order valence-corrected chi connectivity index (χ1v) is 6.35. The number of hydrogen-bond donors (Lipinski definition) is 1. The first kappa shape index (κ1) is 14.7. The molecule has 3 heteroatoms. The Labute approximate surface area is 110 Å². The highest BCUT2D eigenvalue weighted by Crippen LogP contribution is 2.21. The highest BCUT2D eigenvalue weighted by Gasteiger charge is 2.15. The average Bonchev–Trinajstić information content (AvgIpc) is 2.26. The molecule has 18 heavy (non-hydrogen) atoms. The minimum atomic E-state index is 0.0404. The third kappa shape index (κ3) is 3.33. The number of aryl methyl sites for hydroxylation is 2. The molecule has 0 bridgehead atoms. The Morgan fingerprint density at radius 1 is 1.11 bits per heavy atom. The van der Waals surface area contributed by atoms with Crippen molar-refractivity contribution < 1.29 is 4.79 Å². The molecule has 0 aliphatic rings. The molecule has 0 saturated carbocycles. The maximum Gasteiger partial charge on any atom is 0.251 e. The highest BCUT2D eigenvalue weighted by atomic mass is 16.1. The molecule has 1 aromatic rings. The molecular formula is C15H24N2O. The molecular weight excluding hydrogens is 224 g/mol. The van der Waals surface area contributed by atoms with Gasteiger partial charge in [0, 0.05) is 18.7 Å². The molecule has 100 valence electrons. The van der Waals surface area contributed by atoms with Crippen molar-refractivity contribution in [3.05, 3.63) is 33.9 Å². The van der Waals surface area contributed by atoms with E-state index in [0.29, 0.717) is 6.54 Å². The van der Waals surface area contributed by atoms with E-state index in [-0.39, 0.29) is 5.91 Å². The standard InChI is InChI=1S/C15H24N2O/c1-10-9-11(2)13(4)14(12(10)3)15(18)16-7-8-17(5)6/h9H,7-8H2,1-6H3,(H,16,18). The van der Waals surface area contributed by atoms with Crippen molar-refractivity contribution in [1.29, 1.82) is 0 Å². The van der Waals surface area contributed by atoms with Crippen LogP contribution in [-0.2, 0) is 0 Å². The number of carbonyl (C=O) groups excluding carboxylic acids is 1.